The number of piperazine rings is 1. The van der Waals surface area contributed by atoms with Gasteiger partial charge in [-0.05, 0) is 94.3 Å². The Balaban J connectivity index is 0.00000308. The molecule has 0 unspecified atom stereocenters. The predicted molar refractivity (Wildman–Crippen MR) is 232 cm³/mol. The third-order valence-electron chi connectivity index (χ3n) is 10.4. The Bertz CT molecular complexity index is 1710. The van der Waals surface area contributed by atoms with E-state index < -0.39 is 0 Å². The van der Waals surface area contributed by atoms with Gasteiger partial charge in [-0.25, -0.2) is 10.4 Å². The van der Waals surface area contributed by atoms with Gasteiger partial charge < -0.3 is 19.9 Å². The lowest BCUT2D eigenvalue weighted by atomic mass is 9.81. The standard InChI is InChI=1S/C42H62N8S.C2H6/c1-8-22-48-23-25-49(26-24-48)33-28-35(37(9-2)44-30-33)41-36(29-42(5,6)19-21-43-7)34-27-32(17-18-39(34)50(41)11-4)38-31-51-40(47-38)16-14-12-13-15-20-46-45-10-3;1-2/h10,17-18,27-28,30-31,45-46H,3,7-9,11-16,19-26,29H2,1-2,4-6H3;1-2H3. The van der Waals surface area contributed by atoms with Crippen LogP contribution in [-0.2, 0) is 25.8 Å². The molecule has 1 saturated heterocycles. The summed E-state index contributed by atoms with van der Waals surface area (Å²) >= 11 is 1.80. The first-order valence-electron chi connectivity index (χ1n) is 20.4. The number of pyridine rings is 1. The molecule has 1 aliphatic heterocycles. The van der Waals surface area contributed by atoms with Gasteiger partial charge in [-0.3, -0.25) is 9.88 Å². The summed E-state index contributed by atoms with van der Waals surface area (Å²) in [6.45, 7) is 31.1. The molecule has 53 heavy (non-hydrogen) atoms. The Kier molecular flexibility index (Phi) is 17.0. The molecule has 4 aromatic rings. The molecular formula is C44H68N8S. The SMILES string of the molecule is C=CNNCCCCCCc1nc(-c2ccc3c(c2)c(CC(C)(C)CCN=C)c(-c2cc(N4CCN(CCC)CC4)cnc2CC)n3CC)cs1.CC. The Morgan fingerprint density at radius 2 is 1.79 bits per heavy atom. The molecule has 0 aliphatic carbocycles. The van der Waals surface area contributed by atoms with Crippen LogP contribution in [0.2, 0.25) is 0 Å². The first-order chi connectivity index (χ1) is 25.8. The molecule has 8 nitrogen and oxygen atoms in total. The van der Waals surface area contributed by atoms with Gasteiger partial charge >= 0.3 is 0 Å². The quantitative estimate of drug-likeness (QED) is 0.0504. The van der Waals surface area contributed by atoms with Crippen LogP contribution in [0.25, 0.3) is 33.4 Å². The number of benzene rings is 1. The summed E-state index contributed by atoms with van der Waals surface area (Å²) in [6, 6.07) is 9.49. The number of hydrogen-bond acceptors (Lipinski definition) is 8. The molecule has 0 amide bonds. The fraction of sp³-hybridized carbons (Fsp3) is 0.568. The van der Waals surface area contributed by atoms with E-state index in [4.69, 9.17) is 9.97 Å². The normalized spacial score (nSPS) is 13.6. The molecule has 290 valence electrons. The van der Waals surface area contributed by atoms with E-state index >= 15 is 0 Å². The minimum Gasteiger partial charge on any atom is -0.368 e. The lowest BCUT2D eigenvalue weighted by Gasteiger charge is -2.36. The topological polar surface area (TPSA) is 73.6 Å². The van der Waals surface area contributed by atoms with Crippen molar-refractivity contribution in [1.82, 2.24) is 30.3 Å². The molecule has 1 fully saturated rings. The average molecular weight is 741 g/mol. The van der Waals surface area contributed by atoms with Crippen molar-refractivity contribution in [2.75, 3.05) is 50.7 Å². The van der Waals surface area contributed by atoms with Crippen LogP contribution in [0.1, 0.15) is 103 Å². The molecule has 9 heteroatoms. The number of hydrazine groups is 1. The van der Waals surface area contributed by atoms with Crippen LogP contribution in [0.15, 0.2) is 53.6 Å². The summed E-state index contributed by atoms with van der Waals surface area (Å²) < 4.78 is 2.55. The van der Waals surface area contributed by atoms with Crippen molar-refractivity contribution in [3.63, 3.8) is 0 Å². The molecule has 0 radical (unpaired) electrons. The molecule has 0 saturated carbocycles. The van der Waals surface area contributed by atoms with Gasteiger partial charge in [0, 0.05) is 85.1 Å². The van der Waals surface area contributed by atoms with Crippen LogP contribution < -0.4 is 15.8 Å². The van der Waals surface area contributed by atoms with E-state index in [1.807, 2.05) is 13.8 Å². The second-order valence-electron chi connectivity index (χ2n) is 14.8. The van der Waals surface area contributed by atoms with E-state index in [0.29, 0.717) is 0 Å². The summed E-state index contributed by atoms with van der Waals surface area (Å²) in [5.41, 5.74) is 16.2. The summed E-state index contributed by atoms with van der Waals surface area (Å²) in [7, 11) is 0. The number of aromatic nitrogens is 3. The Hall–Kier alpha value is -3.53. The second kappa shape index (κ2) is 21.4. The van der Waals surface area contributed by atoms with Crippen LogP contribution in [0.5, 0.6) is 0 Å². The van der Waals surface area contributed by atoms with Crippen molar-refractivity contribution in [1.29, 1.82) is 0 Å². The molecule has 4 heterocycles. The van der Waals surface area contributed by atoms with Gasteiger partial charge in [0.1, 0.15) is 0 Å². The number of nitrogens with zero attached hydrogens (tertiary/aromatic N) is 6. The maximum atomic E-state index is 5.15. The van der Waals surface area contributed by atoms with Crippen LogP contribution in [0.3, 0.4) is 0 Å². The van der Waals surface area contributed by atoms with Crippen molar-refractivity contribution in [2.45, 2.75) is 113 Å². The van der Waals surface area contributed by atoms with Gasteiger partial charge in [0.15, 0.2) is 0 Å². The molecule has 5 rings (SSSR count). The Labute approximate surface area is 325 Å². The van der Waals surface area contributed by atoms with Gasteiger partial charge in [-0.2, -0.15) is 0 Å². The predicted octanol–water partition coefficient (Wildman–Crippen LogP) is 9.97. The second-order valence-corrected chi connectivity index (χ2v) is 15.7. The lowest BCUT2D eigenvalue weighted by molar-refractivity contribution is 0.258. The number of thiazole rings is 1. The van der Waals surface area contributed by atoms with E-state index in [-0.39, 0.29) is 5.41 Å². The third kappa shape index (κ3) is 11.2. The van der Waals surface area contributed by atoms with Crippen LogP contribution >= 0.6 is 11.3 Å². The average Bonchev–Trinajstić information content (AvgIpc) is 3.78. The summed E-state index contributed by atoms with van der Waals surface area (Å²) in [5.74, 6) is 0. The highest BCUT2D eigenvalue weighted by Crippen LogP contribution is 2.42. The van der Waals surface area contributed by atoms with Crippen molar-refractivity contribution >= 4 is 34.6 Å². The van der Waals surface area contributed by atoms with E-state index in [1.54, 1.807) is 17.5 Å². The van der Waals surface area contributed by atoms with Crippen molar-refractivity contribution in [3.8, 4) is 22.5 Å². The molecular weight excluding hydrogens is 673 g/mol. The first kappa shape index (κ1) is 42.2. The molecule has 0 spiro atoms. The number of aliphatic imine (C=N–C) groups is 1. The molecule has 0 bridgehead atoms. The maximum absolute atomic E-state index is 5.15. The molecule has 1 aliphatic rings. The Morgan fingerprint density at radius 3 is 2.49 bits per heavy atom. The van der Waals surface area contributed by atoms with E-state index in [1.165, 1.54) is 81.9 Å². The monoisotopic (exact) mass is 741 g/mol. The summed E-state index contributed by atoms with van der Waals surface area (Å²) in [6.07, 6.45) is 13.6. The third-order valence-corrected chi connectivity index (χ3v) is 11.3. The van der Waals surface area contributed by atoms with Gasteiger partial charge in [0.2, 0.25) is 0 Å². The number of aryl methyl sites for hydroxylation is 3. The van der Waals surface area contributed by atoms with Gasteiger partial charge in [0.25, 0.3) is 0 Å². The highest BCUT2D eigenvalue weighted by atomic mass is 32.1. The highest BCUT2D eigenvalue weighted by molar-refractivity contribution is 7.09. The zero-order chi connectivity index (χ0) is 38.2. The van der Waals surface area contributed by atoms with Gasteiger partial charge in [-0.1, -0.05) is 67.0 Å². The zero-order valence-electron chi connectivity index (χ0n) is 34.1. The largest absolute Gasteiger partial charge is 0.368 e. The van der Waals surface area contributed by atoms with E-state index in [9.17, 15) is 0 Å². The van der Waals surface area contributed by atoms with E-state index in [2.05, 4.69) is 114 Å². The summed E-state index contributed by atoms with van der Waals surface area (Å²) in [5, 5.41) is 4.81. The van der Waals surface area contributed by atoms with Crippen molar-refractivity contribution in [2.24, 2.45) is 10.4 Å². The maximum Gasteiger partial charge on any atom is 0.0932 e. The number of fused-ring (bicyclic) bond motifs is 1. The fourth-order valence-electron chi connectivity index (χ4n) is 7.58. The number of unbranched alkanes of at least 4 members (excludes halogenated alkanes) is 3. The van der Waals surface area contributed by atoms with Gasteiger partial charge in [0.05, 0.1) is 28.3 Å². The minimum atomic E-state index is 0.0534. The lowest BCUT2D eigenvalue weighted by Crippen LogP contribution is -2.46. The molecule has 3 aromatic heterocycles. The van der Waals surface area contributed by atoms with Crippen LogP contribution in [0, 0.1) is 5.41 Å². The van der Waals surface area contributed by atoms with Crippen molar-refractivity contribution < 1.29 is 0 Å². The van der Waals surface area contributed by atoms with Gasteiger partial charge in [-0.15, -0.1) is 11.3 Å². The molecule has 0 atom stereocenters. The summed E-state index contributed by atoms with van der Waals surface area (Å²) in [4.78, 5) is 19.7. The van der Waals surface area contributed by atoms with Crippen LogP contribution in [0.4, 0.5) is 5.69 Å². The number of anilines is 1. The zero-order valence-corrected chi connectivity index (χ0v) is 34.9. The smallest absolute Gasteiger partial charge is 0.0932 e. The number of rotatable bonds is 21. The molecule has 1 aromatic carbocycles. The van der Waals surface area contributed by atoms with Crippen LogP contribution in [-0.4, -0.2) is 72.0 Å². The van der Waals surface area contributed by atoms with Crippen molar-refractivity contribution in [3.05, 3.63) is 64.9 Å². The highest BCUT2D eigenvalue weighted by Gasteiger charge is 2.28. The number of nitrogens with one attached hydrogen (secondary N) is 2. The Morgan fingerprint density at radius 1 is 1.02 bits per heavy atom. The fourth-order valence-corrected chi connectivity index (χ4v) is 8.43. The number of hydrogen-bond donors (Lipinski definition) is 2. The first-order valence-corrected chi connectivity index (χ1v) is 21.3. The van der Waals surface area contributed by atoms with E-state index in [0.717, 1.165) is 83.6 Å². The minimum absolute atomic E-state index is 0.0534. The molecule has 2 N–H and O–H groups in total.